The maximum Gasteiger partial charge on any atom is 0.137 e. The van der Waals surface area contributed by atoms with Gasteiger partial charge in [0.2, 0.25) is 0 Å². The number of benzene rings is 6. The Morgan fingerprint density at radius 1 is 0.500 bits per heavy atom. The molecule has 0 radical (unpaired) electrons. The molecule has 8 aromatic rings. The largest absolute Gasteiger partial charge is 0.457 e. The van der Waals surface area contributed by atoms with E-state index in [0.717, 1.165) is 53.5 Å². The van der Waals surface area contributed by atoms with Gasteiger partial charge in [-0.05, 0) is 90.7 Å². The zero-order chi connectivity index (χ0) is 34.5. The molecule has 1 aliphatic carbocycles. The minimum atomic E-state index is 0.00494. The van der Waals surface area contributed by atoms with Crippen LogP contribution in [0.25, 0.3) is 27.6 Å². The number of pyridine rings is 1. The highest BCUT2D eigenvalue weighted by Gasteiger charge is 2.37. The zero-order valence-electron chi connectivity index (χ0n) is 28.9. The molecule has 0 amide bonds. The minimum absolute atomic E-state index is 0.00494. The number of hydrogen-bond acceptors (Lipinski definition) is 4. The fourth-order valence-corrected chi connectivity index (χ4v) is 8.69. The maximum atomic E-state index is 6.68. The van der Waals surface area contributed by atoms with E-state index in [1.54, 1.807) is 0 Å². The monoisotopic (exact) mass is 674 g/mol. The standard InChI is InChI=1S/C47H38N4O/c1-3-14-34(15-4-1)47(27-11-12-28-47)35-26-29-48-46(30-35)51-42-21-8-7-20-40(42)41-25-24-39(32-45(41)51)52-38-19-13-18-37(31-38)50-33-49(36-16-5-2-6-17-36)43-22-9-10-23-44(43)50/h1-10,13-26,29-32H,11-12,27-28,33H2. The summed E-state index contributed by atoms with van der Waals surface area (Å²) in [5.74, 6) is 2.51. The van der Waals surface area contributed by atoms with Crippen molar-refractivity contribution < 1.29 is 4.74 Å². The van der Waals surface area contributed by atoms with Gasteiger partial charge in [0.15, 0.2) is 0 Å². The molecule has 3 heterocycles. The van der Waals surface area contributed by atoms with E-state index in [-0.39, 0.29) is 5.41 Å². The first-order valence-corrected chi connectivity index (χ1v) is 18.3. The van der Waals surface area contributed by atoms with E-state index in [1.165, 1.54) is 51.8 Å². The Bertz CT molecular complexity index is 2550. The predicted octanol–water partition coefficient (Wildman–Crippen LogP) is 12.1. The van der Waals surface area contributed by atoms with Crippen molar-refractivity contribution in [3.05, 3.63) is 181 Å². The van der Waals surface area contributed by atoms with Crippen molar-refractivity contribution in [3.63, 3.8) is 0 Å². The highest BCUT2D eigenvalue weighted by Crippen LogP contribution is 2.48. The van der Waals surface area contributed by atoms with Crippen LogP contribution in [0.5, 0.6) is 11.5 Å². The number of para-hydroxylation sites is 4. The molecule has 252 valence electrons. The summed E-state index contributed by atoms with van der Waals surface area (Å²) in [6, 6.07) is 58.3. The van der Waals surface area contributed by atoms with Gasteiger partial charge in [-0.25, -0.2) is 4.98 Å². The summed E-state index contributed by atoms with van der Waals surface area (Å²) in [6.07, 6.45) is 6.77. The van der Waals surface area contributed by atoms with Gasteiger partial charge in [0.1, 0.15) is 24.0 Å². The minimum Gasteiger partial charge on any atom is -0.457 e. The fraction of sp³-hybridized carbons (Fsp3) is 0.128. The zero-order valence-corrected chi connectivity index (χ0v) is 28.9. The number of nitrogens with zero attached hydrogens (tertiary/aromatic N) is 4. The molecule has 5 nitrogen and oxygen atoms in total. The number of fused-ring (bicyclic) bond motifs is 4. The van der Waals surface area contributed by atoms with Crippen LogP contribution >= 0.6 is 0 Å². The average molecular weight is 675 g/mol. The van der Waals surface area contributed by atoms with E-state index in [0.29, 0.717) is 0 Å². The molecular formula is C47H38N4O. The van der Waals surface area contributed by atoms with Crippen molar-refractivity contribution in [2.24, 2.45) is 0 Å². The van der Waals surface area contributed by atoms with Crippen LogP contribution in [0.4, 0.5) is 22.7 Å². The lowest BCUT2D eigenvalue weighted by Crippen LogP contribution is -2.24. The summed E-state index contributed by atoms with van der Waals surface area (Å²) < 4.78 is 8.99. The molecule has 6 aromatic carbocycles. The Morgan fingerprint density at radius 3 is 1.96 bits per heavy atom. The van der Waals surface area contributed by atoms with Crippen LogP contribution in [0.15, 0.2) is 170 Å². The van der Waals surface area contributed by atoms with Gasteiger partial charge >= 0.3 is 0 Å². The Labute approximate surface area is 304 Å². The predicted molar refractivity (Wildman–Crippen MR) is 213 cm³/mol. The van der Waals surface area contributed by atoms with Gasteiger partial charge in [-0.1, -0.05) is 97.8 Å². The van der Waals surface area contributed by atoms with Crippen LogP contribution in [-0.2, 0) is 5.41 Å². The SMILES string of the molecule is c1ccc(N2CN(c3cccc(Oc4ccc5c6ccccc6n(-c6cc(C7(c8ccccc8)CCCC7)ccn6)c5c4)c3)c3ccccc32)cc1. The molecule has 0 saturated heterocycles. The third-order valence-electron chi connectivity index (χ3n) is 11.1. The lowest BCUT2D eigenvalue weighted by Gasteiger charge is -2.31. The first kappa shape index (κ1) is 30.5. The number of aromatic nitrogens is 2. The smallest absolute Gasteiger partial charge is 0.137 e. The van der Waals surface area contributed by atoms with Crippen molar-refractivity contribution in [1.82, 2.24) is 9.55 Å². The van der Waals surface area contributed by atoms with Crippen LogP contribution in [0.2, 0.25) is 0 Å². The molecule has 2 aliphatic rings. The molecule has 0 atom stereocenters. The number of ether oxygens (including phenoxy) is 1. The molecule has 0 N–H and O–H groups in total. The summed E-state index contributed by atoms with van der Waals surface area (Å²) in [4.78, 5) is 9.71. The van der Waals surface area contributed by atoms with Crippen molar-refractivity contribution in [3.8, 4) is 17.3 Å². The van der Waals surface area contributed by atoms with Crippen LogP contribution in [0, 0.1) is 0 Å². The topological polar surface area (TPSA) is 33.5 Å². The lowest BCUT2D eigenvalue weighted by atomic mass is 9.73. The molecule has 2 aromatic heterocycles. The normalized spacial score (nSPS) is 15.0. The molecule has 10 rings (SSSR count). The highest BCUT2D eigenvalue weighted by atomic mass is 16.5. The summed E-state index contributed by atoms with van der Waals surface area (Å²) in [6.45, 7) is 0.719. The molecule has 52 heavy (non-hydrogen) atoms. The Morgan fingerprint density at radius 2 is 1.15 bits per heavy atom. The second-order valence-corrected chi connectivity index (χ2v) is 14.0. The van der Waals surface area contributed by atoms with E-state index < -0.39 is 0 Å². The molecule has 0 bridgehead atoms. The van der Waals surface area contributed by atoms with E-state index in [4.69, 9.17) is 9.72 Å². The summed E-state index contributed by atoms with van der Waals surface area (Å²) in [7, 11) is 0. The van der Waals surface area contributed by atoms with E-state index in [9.17, 15) is 0 Å². The van der Waals surface area contributed by atoms with Gasteiger partial charge in [0, 0.05) is 45.9 Å². The van der Waals surface area contributed by atoms with Crippen molar-refractivity contribution in [2.45, 2.75) is 31.1 Å². The van der Waals surface area contributed by atoms with E-state index >= 15 is 0 Å². The fourth-order valence-electron chi connectivity index (χ4n) is 8.69. The summed E-state index contributed by atoms with van der Waals surface area (Å²) >= 11 is 0. The first-order valence-electron chi connectivity index (χ1n) is 18.3. The van der Waals surface area contributed by atoms with Crippen LogP contribution in [0.3, 0.4) is 0 Å². The van der Waals surface area contributed by atoms with Gasteiger partial charge in [-0.2, -0.15) is 0 Å². The van der Waals surface area contributed by atoms with E-state index in [1.807, 2.05) is 12.3 Å². The highest BCUT2D eigenvalue weighted by molar-refractivity contribution is 6.09. The van der Waals surface area contributed by atoms with Gasteiger partial charge in [-0.15, -0.1) is 0 Å². The van der Waals surface area contributed by atoms with Crippen molar-refractivity contribution >= 4 is 44.6 Å². The maximum absolute atomic E-state index is 6.68. The molecule has 1 aliphatic heterocycles. The lowest BCUT2D eigenvalue weighted by molar-refractivity contribution is 0.483. The molecule has 0 spiro atoms. The quantitative estimate of drug-likeness (QED) is 0.168. The van der Waals surface area contributed by atoms with E-state index in [2.05, 4.69) is 172 Å². The molecular weight excluding hydrogens is 637 g/mol. The number of hydrogen-bond donors (Lipinski definition) is 0. The summed E-state index contributed by atoms with van der Waals surface area (Å²) in [5.41, 5.74) is 9.58. The first-order chi connectivity index (χ1) is 25.7. The molecule has 1 saturated carbocycles. The van der Waals surface area contributed by atoms with Crippen LogP contribution in [-0.4, -0.2) is 16.2 Å². The molecule has 1 fully saturated rings. The van der Waals surface area contributed by atoms with Gasteiger partial charge in [0.05, 0.1) is 22.4 Å². The average Bonchev–Trinajstić information content (AvgIpc) is 3.94. The van der Waals surface area contributed by atoms with Gasteiger partial charge in [0.25, 0.3) is 0 Å². The second-order valence-electron chi connectivity index (χ2n) is 14.0. The Hall–Kier alpha value is -6.33. The third-order valence-corrected chi connectivity index (χ3v) is 11.1. The Balaban J connectivity index is 1.02. The van der Waals surface area contributed by atoms with Crippen molar-refractivity contribution in [2.75, 3.05) is 16.5 Å². The Kier molecular flexibility index (Phi) is 7.31. The molecule has 0 unspecified atom stereocenters. The molecule has 5 heteroatoms. The van der Waals surface area contributed by atoms with Crippen molar-refractivity contribution in [1.29, 1.82) is 0 Å². The van der Waals surface area contributed by atoms with Gasteiger partial charge in [-0.3, -0.25) is 4.57 Å². The van der Waals surface area contributed by atoms with Crippen LogP contribution < -0.4 is 14.5 Å². The second kappa shape index (κ2) is 12.5. The third kappa shape index (κ3) is 5.03. The number of anilines is 4. The van der Waals surface area contributed by atoms with Crippen LogP contribution in [0.1, 0.15) is 36.8 Å². The number of rotatable bonds is 7. The summed E-state index contributed by atoms with van der Waals surface area (Å²) in [5, 5.41) is 2.38. The van der Waals surface area contributed by atoms with Gasteiger partial charge < -0.3 is 14.5 Å².